The number of hydrogen-bond acceptors (Lipinski definition) is 4. The predicted octanol–water partition coefficient (Wildman–Crippen LogP) is 1.43. The number of anilines is 2. The van der Waals surface area contributed by atoms with E-state index in [0.717, 1.165) is 38.4 Å². The summed E-state index contributed by atoms with van der Waals surface area (Å²) in [6, 6.07) is 8.13. The van der Waals surface area contributed by atoms with E-state index in [-0.39, 0.29) is 0 Å². The van der Waals surface area contributed by atoms with Gasteiger partial charge in [0, 0.05) is 51.2 Å². The Labute approximate surface area is 109 Å². The van der Waals surface area contributed by atoms with Crippen molar-refractivity contribution in [3.63, 3.8) is 0 Å². The van der Waals surface area contributed by atoms with Crippen LogP contribution in [0.5, 0.6) is 0 Å². The summed E-state index contributed by atoms with van der Waals surface area (Å²) < 4.78 is 5.31. The molecule has 1 heterocycles. The molecular weight excluding hydrogens is 226 g/mol. The Balaban J connectivity index is 1.84. The molecule has 1 aliphatic rings. The first-order valence-corrected chi connectivity index (χ1v) is 6.54. The largest absolute Gasteiger partial charge is 0.399 e. The second-order valence-corrected chi connectivity index (χ2v) is 4.93. The molecule has 1 atom stereocenters. The Morgan fingerprint density at radius 2 is 1.78 bits per heavy atom. The Kier molecular flexibility index (Phi) is 4.44. The van der Waals surface area contributed by atoms with Gasteiger partial charge >= 0.3 is 0 Å². The molecule has 4 nitrogen and oxygen atoms in total. The lowest BCUT2D eigenvalue weighted by atomic mass is 10.2. The zero-order valence-electron chi connectivity index (χ0n) is 11.3. The number of benzene rings is 1. The number of piperazine rings is 1. The first-order chi connectivity index (χ1) is 8.69. The van der Waals surface area contributed by atoms with Gasteiger partial charge in [0.2, 0.25) is 0 Å². The normalized spacial score (nSPS) is 18.9. The van der Waals surface area contributed by atoms with Crippen LogP contribution in [-0.4, -0.2) is 50.8 Å². The third-order valence-corrected chi connectivity index (χ3v) is 3.55. The van der Waals surface area contributed by atoms with E-state index in [1.165, 1.54) is 5.69 Å². The van der Waals surface area contributed by atoms with Gasteiger partial charge in [0.25, 0.3) is 0 Å². The molecule has 18 heavy (non-hydrogen) atoms. The fraction of sp³-hybridized carbons (Fsp3) is 0.571. The molecule has 1 aromatic carbocycles. The van der Waals surface area contributed by atoms with Crippen LogP contribution in [0.3, 0.4) is 0 Å². The van der Waals surface area contributed by atoms with Crippen LogP contribution < -0.4 is 10.6 Å². The molecule has 1 saturated heterocycles. The van der Waals surface area contributed by atoms with E-state index in [9.17, 15) is 0 Å². The smallest absolute Gasteiger partial charge is 0.0670 e. The summed E-state index contributed by atoms with van der Waals surface area (Å²) in [5, 5.41) is 0. The van der Waals surface area contributed by atoms with E-state index in [1.807, 2.05) is 12.1 Å². The number of nitrogens with zero attached hydrogens (tertiary/aromatic N) is 2. The van der Waals surface area contributed by atoms with Crippen molar-refractivity contribution in [3.05, 3.63) is 24.3 Å². The van der Waals surface area contributed by atoms with Crippen molar-refractivity contribution < 1.29 is 4.74 Å². The standard InChI is InChI=1S/C14H23N3O/c1-12(18-2)11-16-7-9-17(10-8-16)14-5-3-13(15)4-6-14/h3-6,12H,7-11,15H2,1-2H3. The van der Waals surface area contributed by atoms with Crippen molar-refractivity contribution in [3.8, 4) is 0 Å². The van der Waals surface area contributed by atoms with Crippen LogP contribution in [0.4, 0.5) is 11.4 Å². The molecule has 0 radical (unpaired) electrons. The lowest BCUT2D eigenvalue weighted by Gasteiger charge is -2.37. The second-order valence-electron chi connectivity index (χ2n) is 4.93. The molecule has 1 fully saturated rings. The number of rotatable bonds is 4. The highest BCUT2D eigenvalue weighted by molar-refractivity contribution is 5.53. The van der Waals surface area contributed by atoms with Crippen molar-refractivity contribution in [2.24, 2.45) is 0 Å². The molecule has 4 heteroatoms. The van der Waals surface area contributed by atoms with Gasteiger partial charge in [0.15, 0.2) is 0 Å². The molecule has 2 N–H and O–H groups in total. The van der Waals surface area contributed by atoms with Gasteiger partial charge in [-0.05, 0) is 31.2 Å². The van der Waals surface area contributed by atoms with Gasteiger partial charge in [-0.3, -0.25) is 4.90 Å². The van der Waals surface area contributed by atoms with Crippen LogP contribution in [0, 0.1) is 0 Å². The summed E-state index contributed by atoms with van der Waals surface area (Å²) in [5.41, 5.74) is 7.80. The summed E-state index contributed by atoms with van der Waals surface area (Å²) in [7, 11) is 1.77. The van der Waals surface area contributed by atoms with Gasteiger partial charge in [0.1, 0.15) is 0 Å². The van der Waals surface area contributed by atoms with Crippen molar-refractivity contribution in [2.45, 2.75) is 13.0 Å². The highest BCUT2D eigenvalue weighted by Crippen LogP contribution is 2.18. The molecule has 1 aliphatic heterocycles. The fourth-order valence-electron chi connectivity index (χ4n) is 2.31. The zero-order chi connectivity index (χ0) is 13.0. The summed E-state index contributed by atoms with van der Waals surface area (Å²) in [6.45, 7) is 7.47. The van der Waals surface area contributed by atoms with Crippen molar-refractivity contribution in [1.82, 2.24) is 4.90 Å². The van der Waals surface area contributed by atoms with Crippen molar-refractivity contribution in [1.29, 1.82) is 0 Å². The maximum Gasteiger partial charge on any atom is 0.0670 e. The van der Waals surface area contributed by atoms with Crippen LogP contribution in [0.1, 0.15) is 6.92 Å². The summed E-state index contributed by atoms with van der Waals surface area (Å²) in [4.78, 5) is 4.87. The number of ether oxygens (including phenoxy) is 1. The first kappa shape index (κ1) is 13.2. The van der Waals surface area contributed by atoms with Gasteiger partial charge in [-0.2, -0.15) is 0 Å². The van der Waals surface area contributed by atoms with Crippen molar-refractivity contribution in [2.75, 3.05) is 50.5 Å². The monoisotopic (exact) mass is 249 g/mol. The Morgan fingerprint density at radius 3 is 2.33 bits per heavy atom. The summed E-state index contributed by atoms with van der Waals surface area (Å²) in [6.07, 6.45) is 0.313. The summed E-state index contributed by atoms with van der Waals surface area (Å²) in [5.74, 6) is 0. The van der Waals surface area contributed by atoms with Crippen LogP contribution in [0.25, 0.3) is 0 Å². The molecule has 0 bridgehead atoms. The molecule has 0 amide bonds. The molecule has 0 saturated carbocycles. The lowest BCUT2D eigenvalue weighted by molar-refractivity contribution is 0.0749. The van der Waals surface area contributed by atoms with E-state index >= 15 is 0 Å². The third-order valence-electron chi connectivity index (χ3n) is 3.55. The van der Waals surface area contributed by atoms with E-state index in [2.05, 4.69) is 28.9 Å². The molecule has 2 rings (SSSR count). The first-order valence-electron chi connectivity index (χ1n) is 6.54. The van der Waals surface area contributed by atoms with Gasteiger partial charge in [-0.1, -0.05) is 0 Å². The Hall–Kier alpha value is -1.26. The quantitative estimate of drug-likeness (QED) is 0.820. The van der Waals surface area contributed by atoms with E-state index in [0.29, 0.717) is 6.10 Å². The van der Waals surface area contributed by atoms with Crippen LogP contribution in [0.2, 0.25) is 0 Å². The molecule has 100 valence electrons. The number of nitrogens with two attached hydrogens (primary N) is 1. The molecule has 1 unspecified atom stereocenters. The molecule has 0 aromatic heterocycles. The van der Waals surface area contributed by atoms with Crippen LogP contribution in [-0.2, 0) is 4.74 Å². The Bertz CT molecular complexity index is 358. The topological polar surface area (TPSA) is 41.7 Å². The fourth-order valence-corrected chi connectivity index (χ4v) is 2.31. The number of nitrogen functional groups attached to an aromatic ring is 1. The molecule has 0 spiro atoms. The lowest BCUT2D eigenvalue weighted by Crippen LogP contribution is -2.48. The molecule has 0 aliphatic carbocycles. The maximum atomic E-state index is 5.71. The van der Waals surface area contributed by atoms with Gasteiger partial charge < -0.3 is 15.4 Å². The average Bonchev–Trinajstić information content (AvgIpc) is 2.40. The predicted molar refractivity (Wildman–Crippen MR) is 76.0 cm³/mol. The van der Waals surface area contributed by atoms with E-state index < -0.39 is 0 Å². The third kappa shape index (κ3) is 3.37. The maximum absolute atomic E-state index is 5.71. The average molecular weight is 249 g/mol. The van der Waals surface area contributed by atoms with E-state index in [1.54, 1.807) is 7.11 Å². The molecule has 1 aromatic rings. The minimum absolute atomic E-state index is 0.313. The summed E-state index contributed by atoms with van der Waals surface area (Å²) >= 11 is 0. The molecular formula is C14H23N3O. The van der Waals surface area contributed by atoms with Gasteiger partial charge in [-0.25, -0.2) is 0 Å². The number of hydrogen-bond donors (Lipinski definition) is 1. The minimum atomic E-state index is 0.313. The van der Waals surface area contributed by atoms with Crippen LogP contribution >= 0.6 is 0 Å². The highest BCUT2D eigenvalue weighted by Gasteiger charge is 2.18. The van der Waals surface area contributed by atoms with Gasteiger partial charge in [-0.15, -0.1) is 0 Å². The number of methoxy groups -OCH3 is 1. The zero-order valence-corrected chi connectivity index (χ0v) is 11.3. The van der Waals surface area contributed by atoms with Gasteiger partial charge in [0.05, 0.1) is 6.10 Å². The van der Waals surface area contributed by atoms with Crippen LogP contribution in [0.15, 0.2) is 24.3 Å². The second kappa shape index (κ2) is 6.07. The highest BCUT2D eigenvalue weighted by atomic mass is 16.5. The Morgan fingerprint density at radius 1 is 1.17 bits per heavy atom. The van der Waals surface area contributed by atoms with E-state index in [4.69, 9.17) is 10.5 Å². The minimum Gasteiger partial charge on any atom is -0.399 e. The van der Waals surface area contributed by atoms with Crippen molar-refractivity contribution >= 4 is 11.4 Å². The SMILES string of the molecule is COC(C)CN1CCN(c2ccc(N)cc2)CC1.